The molecule has 3 aromatic carbocycles. The lowest BCUT2D eigenvalue weighted by Gasteiger charge is -2.29. The van der Waals surface area contributed by atoms with Gasteiger partial charge in [-0.25, -0.2) is 25.3 Å². The zero-order valence-corrected chi connectivity index (χ0v) is 30.1. The first-order chi connectivity index (χ1) is 22.8. The van der Waals surface area contributed by atoms with Crippen LogP contribution in [0.25, 0.3) is 0 Å². The number of hydrogen-bond acceptors (Lipinski definition) is 9. The molecule has 0 bridgehead atoms. The molecule has 0 unspecified atom stereocenters. The van der Waals surface area contributed by atoms with Crippen molar-refractivity contribution in [2.75, 3.05) is 78.9 Å². The third-order valence-corrected chi connectivity index (χ3v) is 13.6. The average Bonchev–Trinajstić information content (AvgIpc) is 3.05. The fraction of sp³-hybridized carbons (Fsp3) is 0.455. The molecule has 48 heavy (non-hydrogen) atoms. The average molecular weight is 724 g/mol. The summed E-state index contributed by atoms with van der Waals surface area (Å²) in [7, 11) is -12.3. The molecule has 0 atom stereocenters. The molecule has 0 N–H and O–H groups in total. The molecule has 0 spiro atoms. The standard InChI is InChI=1S/C33H45N3O9S3/c1-28-4-10-31(11-5-28)46(37,38)34-16-18-35(47(39,40)32-12-6-29(2)7-13-32)20-22-43-24-26-45-27-25-44-23-21-36(19-17-34)48(41,42)33-14-8-30(3)9-15-33/h4-15H,16-27H2,1-3H3. The van der Waals surface area contributed by atoms with Gasteiger partial charge in [-0.1, -0.05) is 53.1 Å². The maximum absolute atomic E-state index is 14.1. The van der Waals surface area contributed by atoms with E-state index in [0.717, 1.165) is 21.0 Å². The largest absolute Gasteiger partial charge is 0.378 e. The Morgan fingerprint density at radius 1 is 0.375 bits per heavy atom. The quantitative estimate of drug-likeness (QED) is 0.376. The van der Waals surface area contributed by atoms with Gasteiger partial charge >= 0.3 is 0 Å². The van der Waals surface area contributed by atoms with Gasteiger partial charge in [0.25, 0.3) is 0 Å². The second-order valence-electron chi connectivity index (χ2n) is 11.5. The van der Waals surface area contributed by atoms with Crippen molar-refractivity contribution in [3.05, 3.63) is 89.5 Å². The summed E-state index contributed by atoms with van der Waals surface area (Å²) in [6.45, 7) is 5.65. The topological polar surface area (TPSA) is 140 Å². The molecule has 0 aliphatic carbocycles. The molecule has 1 saturated heterocycles. The van der Waals surface area contributed by atoms with E-state index < -0.39 is 30.1 Å². The molecule has 1 heterocycles. The highest BCUT2D eigenvalue weighted by atomic mass is 32.2. The Morgan fingerprint density at radius 2 is 0.604 bits per heavy atom. The van der Waals surface area contributed by atoms with E-state index in [1.54, 1.807) is 36.4 Å². The van der Waals surface area contributed by atoms with E-state index in [9.17, 15) is 25.3 Å². The number of nitrogens with zero attached hydrogens (tertiary/aromatic N) is 3. The van der Waals surface area contributed by atoms with Gasteiger partial charge in [0.05, 0.1) is 54.3 Å². The molecule has 12 nitrogen and oxygen atoms in total. The molecule has 1 aliphatic heterocycles. The van der Waals surface area contributed by atoms with Gasteiger partial charge in [0.15, 0.2) is 0 Å². The molecular formula is C33H45N3O9S3. The van der Waals surface area contributed by atoms with Crippen LogP contribution in [0.3, 0.4) is 0 Å². The van der Waals surface area contributed by atoms with Gasteiger partial charge in [0.2, 0.25) is 30.1 Å². The van der Waals surface area contributed by atoms with E-state index in [4.69, 9.17) is 14.2 Å². The van der Waals surface area contributed by atoms with Crippen molar-refractivity contribution in [2.24, 2.45) is 0 Å². The number of ether oxygens (including phenoxy) is 3. The minimum Gasteiger partial charge on any atom is -0.378 e. The lowest BCUT2D eigenvalue weighted by atomic mass is 10.2. The molecule has 0 saturated carbocycles. The SMILES string of the molecule is Cc1ccc(S(=O)(=O)N2CCOCCOCCOCCN(S(=O)(=O)c3ccc(C)cc3)CCN(S(=O)(=O)c3ccc(C)cc3)CC2)cc1. The smallest absolute Gasteiger partial charge is 0.243 e. The van der Waals surface area contributed by atoms with Crippen molar-refractivity contribution < 1.29 is 39.5 Å². The lowest BCUT2D eigenvalue weighted by Crippen LogP contribution is -2.46. The van der Waals surface area contributed by atoms with Gasteiger partial charge in [-0.05, 0) is 57.2 Å². The predicted molar refractivity (Wildman–Crippen MR) is 182 cm³/mol. The van der Waals surface area contributed by atoms with Crippen LogP contribution < -0.4 is 0 Å². The van der Waals surface area contributed by atoms with Gasteiger partial charge in [0.1, 0.15) is 0 Å². The summed E-state index contributed by atoms with van der Waals surface area (Å²) in [5, 5.41) is 0. The zero-order chi connectivity index (χ0) is 34.8. The fourth-order valence-electron chi connectivity index (χ4n) is 4.96. The number of sulfonamides is 3. The molecule has 15 heteroatoms. The number of rotatable bonds is 6. The second-order valence-corrected chi connectivity index (χ2v) is 17.3. The number of aryl methyl sites for hydroxylation is 3. The van der Waals surface area contributed by atoms with Gasteiger partial charge in [-0.3, -0.25) is 0 Å². The van der Waals surface area contributed by atoms with E-state index in [0.29, 0.717) is 0 Å². The molecule has 1 aliphatic rings. The highest BCUT2D eigenvalue weighted by Crippen LogP contribution is 2.21. The van der Waals surface area contributed by atoms with Gasteiger partial charge < -0.3 is 14.2 Å². The van der Waals surface area contributed by atoms with Crippen LogP contribution in [0.1, 0.15) is 16.7 Å². The molecular weight excluding hydrogens is 679 g/mol. The van der Waals surface area contributed by atoms with E-state index in [-0.39, 0.29) is 93.6 Å². The maximum Gasteiger partial charge on any atom is 0.243 e. The first kappa shape index (κ1) is 38.1. The zero-order valence-electron chi connectivity index (χ0n) is 27.7. The third kappa shape index (κ3) is 10.2. The van der Waals surface area contributed by atoms with Crippen molar-refractivity contribution in [1.29, 1.82) is 0 Å². The van der Waals surface area contributed by atoms with Crippen molar-refractivity contribution in [3.63, 3.8) is 0 Å². The van der Waals surface area contributed by atoms with Crippen LogP contribution >= 0.6 is 0 Å². The van der Waals surface area contributed by atoms with Crippen LogP contribution in [0, 0.1) is 20.8 Å². The molecule has 0 amide bonds. The summed E-state index contributed by atoms with van der Waals surface area (Å²) in [6.07, 6.45) is 0. The summed E-state index contributed by atoms with van der Waals surface area (Å²) >= 11 is 0. The van der Waals surface area contributed by atoms with E-state index in [1.807, 2.05) is 20.8 Å². The van der Waals surface area contributed by atoms with Gasteiger partial charge in [-0.15, -0.1) is 0 Å². The van der Waals surface area contributed by atoms with Crippen molar-refractivity contribution >= 4 is 30.1 Å². The third-order valence-electron chi connectivity index (χ3n) is 7.89. The number of benzene rings is 3. The monoisotopic (exact) mass is 723 g/mol. The molecule has 0 aromatic heterocycles. The van der Waals surface area contributed by atoms with Crippen LogP contribution in [0.2, 0.25) is 0 Å². The first-order valence-corrected chi connectivity index (χ1v) is 20.1. The Morgan fingerprint density at radius 3 is 0.875 bits per heavy atom. The molecule has 3 aromatic rings. The Balaban J connectivity index is 1.70. The van der Waals surface area contributed by atoms with Gasteiger partial charge in [0, 0.05) is 39.3 Å². The maximum atomic E-state index is 14.1. The highest BCUT2D eigenvalue weighted by Gasteiger charge is 2.31. The molecule has 264 valence electrons. The summed E-state index contributed by atoms with van der Waals surface area (Å²) in [5.41, 5.74) is 2.65. The lowest BCUT2D eigenvalue weighted by molar-refractivity contribution is 0.0114. The number of hydrogen-bond donors (Lipinski definition) is 0. The second kappa shape index (κ2) is 17.3. The normalized spacial score (nSPS) is 18.6. The minimum atomic E-state index is -4.17. The summed E-state index contributed by atoms with van der Waals surface area (Å²) < 4.78 is 104. The van der Waals surface area contributed by atoms with Crippen LogP contribution in [0.5, 0.6) is 0 Å². The van der Waals surface area contributed by atoms with Gasteiger partial charge in [-0.2, -0.15) is 12.9 Å². The molecule has 4 rings (SSSR count). The Labute approximate surface area is 285 Å². The molecule has 1 fully saturated rings. The summed E-state index contributed by atoms with van der Waals surface area (Å²) in [6, 6.07) is 19.2. The van der Waals surface area contributed by atoms with E-state index in [2.05, 4.69) is 0 Å². The van der Waals surface area contributed by atoms with Crippen molar-refractivity contribution in [1.82, 2.24) is 12.9 Å². The Bertz CT molecular complexity index is 1690. The Hall–Kier alpha value is -2.73. The predicted octanol–water partition coefficient (Wildman–Crippen LogP) is 3.05. The first-order valence-electron chi connectivity index (χ1n) is 15.8. The van der Waals surface area contributed by atoms with Crippen LogP contribution in [0.4, 0.5) is 0 Å². The van der Waals surface area contributed by atoms with Crippen LogP contribution in [-0.2, 0) is 44.3 Å². The summed E-state index contributed by atoms with van der Waals surface area (Å²) in [4.78, 5) is 0.159. The fourth-order valence-corrected chi connectivity index (χ4v) is 9.21. The van der Waals surface area contributed by atoms with Crippen molar-refractivity contribution in [3.8, 4) is 0 Å². The highest BCUT2D eigenvalue weighted by molar-refractivity contribution is 7.89. The van der Waals surface area contributed by atoms with Crippen LogP contribution in [-0.4, -0.2) is 117 Å². The minimum absolute atomic E-state index is 0.0165. The van der Waals surface area contributed by atoms with Crippen LogP contribution in [0.15, 0.2) is 87.5 Å². The van der Waals surface area contributed by atoms with Crippen molar-refractivity contribution in [2.45, 2.75) is 35.5 Å². The molecule has 0 radical (unpaired) electrons. The summed E-state index contributed by atoms with van der Waals surface area (Å²) in [5.74, 6) is 0. The van der Waals surface area contributed by atoms with E-state index in [1.165, 1.54) is 45.0 Å². The van der Waals surface area contributed by atoms with E-state index >= 15 is 0 Å². The Kier molecular flexibility index (Phi) is 13.7.